The van der Waals surface area contributed by atoms with Crippen LogP contribution in [0.4, 0.5) is 0 Å². The Kier molecular flexibility index (Phi) is 24.8. The molecule has 7 unspecified atom stereocenters. The van der Waals surface area contributed by atoms with E-state index in [-0.39, 0.29) is 43.1 Å². The first kappa shape index (κ1) is 59.0. The summed E-state index contributed by atoms with van der Waals surface area (Å²) in [5, 5.41) is 20.4. The van der Waals surface area contributed by atoms with Gasteiger partial charge in [0.25, 0.3) is 0 Å². The minimum absolute atomic E-state index is 0.0113. The molecule has 0 bridgehead atoms. The summed E-state index contributed by atoms with van der Waals surface area (Å²) in [4.78, 5) is 146. The molecule has 14 N–H and O–H groups in total. The topological polar surface area (TPSA) is 371 Å². The fraction of sp³-hybridized carbons (Fsp3) is 0.614. The van der Waals surface area contributed by atoms with Gasteiger partial charge in [0.05, 0.1) is 19.6 Å². The van der Waals surface area contributed by atoms with Crippen molar-refractivity contribution in [2.45, 2.75) is 135 Å². The van der Waals surface area contributed by atoms with Crippen LogP contribution in [0.2, 0.25) is 0 Å². The summed E-state index contributed by atoms with van der Waals surface area (Å²) in [5.74, 6) is -9.41. The molecule has 2 rings (SSSR count). The summed E-state index contributed by atoms with van der Waals surface area (Å²) in [6.07, 6.45) is -1.17. The van der Waals surface area contributed by atoms with Crippen molar-refractivity contribution in [3.63, 3.8) is 0 Å². The van der Waals surface area contributed by atoms with Gasteiger partial charge < -0.3 is 64.5 Å². The Labute approximate surface area is 409 Å². The number of benzene rings is 1. The Hall–Kier alpha value is -6.11. The number of nitrogens with one attached hydrogen (secondary N) is 8. The lowest BCUT2D eigenvalue weighted by atomic mass is 9.96. The molecule has 0 saturated carbocycles. The Morgan fingerprint density at radius 1 is 0.783 bits per heavy atom. The Balaban J connectivity index is 2.59. The fourth-order valence-corrected chi connectivity index (χ4v) is 8.76. The zero-order valence-corrected chi connectivity index (χ0v) is 41.8. The molecule has 7 atom stereocenters. The maximum atomic E-state index is 14.1. The van der Waals surface area contributed by atoms with Crippen molar-refractivity contribution in [1.82, 2.24) is 42.5 Å². The van der Waals surface area contributed by atoms with E-state index in [0.717, 1.165) is 21.6 Å². The van der Waals surface area contributed by atoms with Crippen LogP contribution in [0.25, 0.3) is 0 Å². The molecule has 1 aromatic rings. The molecule has 0 aliphatic carbocycles. The largest absolute Gasteiger partial charge is 0.494 e. The first-order chi connectivity index (χ1) is 32.4. The molecule has 1 aromatic carbocycles. The SMILES string of the molecule is CCOc1ccc(CC2NC(=O)CCSSCC(C(=O)NC(C)(C)C(=O)NC(CC(C)C)C(=O)NCC(N)=O)NC(=O)C(CC(N)=O)NC(=O)C(CCC(N)=O)NC(=O)C(C(C)CC)NC2=O)cc1. The first-order valence-corrected chi connectivity index (χ1v) is 25.1. The second-order valence-corrected chi connectivity index (χ2v) is 20.1. The molecule has 0 radical (unpaired) electrons. The van der Waals surface area contributed by atoms with Crippen LogP contribution in [0.15, 0.2) is 24.3 Å². The van der Waals surface area contributed by atoms with Crippen molar-refractivity contribution < 1.29 is 57.5 Å². The predicted molar refractivity (Wildman–Crippen MR) is 258 cm³/mol. The van der Waals surface area contributed by atoms with E-state index in [4.69, 9.17) is 21.9 Å². The summed E-state index contributed by atoms with van der Waals surface area (Å²) >= 11 is 0. The highest BCUT2D eigenvalue weighted by Gasteiger charge is 2.38. The van der Waals surface area contributed by atoms with Gasteiger partial charge in [-0.1, -0.05) is 67.8 Å². The van der Waals surface area contributed by atoms with E-state index in [0.29, 0.717) is 24.3 Å². The molecule has 1 aliphatic heterocycles. The lowest BCUT2D eigenvalue weighted by Crippen LogP contribution is -2.63. The standard InChI is InChI=1S/C44H69N11O12S2/c1-8-24(5)36-42(65)50-27(14-15-32(45)56)38(61)51-30(20-33(46)57)39(62)52-31(41(64)55-44(6,7)43(66)53-28(18-23(3)4)37(60)48-21-34(47)58)22-69-68-17-16-35(59)49-29(40(63)54-36)19-25-10-12-26(13-11-25)67-9-2/h10-13,23-24,27-31,36H,8-9,14-22H2,1-7H3,(H2,45,56)(H2,46,57)(H2,47,58)(H,48,60)(H,49,59)(H,50,65)(H,51,61)(H,52,62)(H,53,66)(H,54,63)(H,55,64). The number of carbonyl (C=O) groups is 11. The molecule has 1 aliphatic rings. The second-order valence-electron chi connectivity index (χ2n) is 17.4. The monoisotopic (exact) mass is 1010 g/mol. The summed E-state index contributed by atoms with van der Waals surface area (Å²) in [5.41, 5.74) is 15.0. The van der Waals surface area contributed by atoms with Gasteiger partial charge in [-0.05, 0) is 63.1 Å². The lowest BCUT2D eigenvalue weighted by molar-refractivity contribution is -0.137. The molecule has 25 heteroatoms. The van der Waals surface area contributed by atoms with Gasteiger partial charge in [0.15, 0.2) is 0 Å². The molecule has 384 valence electrons. The molecular formula is C44H69N11O12S2. The van der Waals surface area contributed by atoms with Crippen LogP contribution in [-0.2, 0) is 59.2 Å². The summed E-state index contributed by atoms with van der Waals surface area (Å²) in [7, 11) is 2.19. The molecule has 0 aromatic heterocycles. The van der Waals surface area contributed by atoms with Crippen molar-refractivity contribution in [3.05, 3.63) is 29.8 Å². The molecular weight excluding hydrogens is 939 g/mol. The van der Waals surface area contributed by atoms with Crippen LogP contribution in [0.1, 0.15) is 92.6 Å². The summed E-state index contributed by atoms with van der Waals surface area (Å²) in [6.45, 7) is 11.5. The number of carbonyl (C=O) groups excluding carboxylic acids is 11. The van der Waals surface area contributed by atoms with Gasteiger partial charge in [0.1, 0.15) is 47.5 Å². The number of hydrogen-bond donors (Lipinski definition) is 11. The normalized spacial score (nSPS) is 21.1. The van der Waals surface area contributed by atoms with Crippen LogP contribution < -0.4 is 64.5 Å². The third-order valence-corrected chi connectivity index (χ3v) is 13.0. The minimum Gasteiger partial charge on any atom is -0.494 e. The molecule has 0 spiro atoms. The van der Waals surface area contributed by atoms with E-state index in [9.17, 15) is 52.7 Å². The van der Waals surface area contributed by atoms with Crippen LogP contribution >= 0.6 is 21.6 Å². The van der Waals surface area contributed by atoms with Crippen molar-refractivity contribution in [2.75, 3.05) is 24.7 Å². The highest BCUT2D eigenvalue weighted by molar-refractivity contribution is 8.76. The van der Waals surface area contributed by atoms with Crippen molar-refractivity contribution in [2.24, 2.45) is 29.0 Å². The van der Waals surface area contributed by atoms with Gasteiger partial charge in [-0.3, -0.25) is 52.7 Å². The highest BCUT2D eigenvalue weighted by atomic mass is 33.1. The molecule has 1 heterocycles. The average Bonchev–Trinajstić information content (AvgIpc) is 3.26. The van der Waals surface area contributed by atoms with Crippen LogP contribution in [0.5, 0.6) is 5.75 Å². The number of amides is 11. The molecule has 1 saturated heterocycles. The van der Waals surface area contributed by atoms with Crippen molar-refractivity contribution in [1.29, 1.82) is 0 Å². The number of hydrogen-bond acceptors (Lipinski definition) is 14. The van der Waals surface area contributed by atoms with Crippen LogP contribution in [-0.4, -0.2) is 131 Å². The van der Waals surface area contributed by atoms with E-state index in [2.05, 4.69) is 42.5 Å². The van der Waals surface area contributed by atoms with Gasteiger partial charge in [0, 0.05) is 30.8 Å². The molecule has 23 nitrogen and oxygen atoms in total. The van der Waals surface area contributed by atoms with E-state index in [1.165, 1.54) is 13.8 Å². The maximum absolute atomic E-state index is 14.1. The van der Waals surface area contributed by atoms with E-state index < -0.39 is 132 Å². The zero-order chi connectivity index (χ0) is 52.0. The number of rotatable bonds is 20. The van der Waals surface area contributed by atoms with E-state index >= 15 is 0 Å². The van der Waals surface area contributed by atoms with E-state index in [1.54, 1.807) is 52.0 Å². The number of primary amides is 3. The zero-order valence-electron chi connectivity index (χ0n) is 40.2. The van der Waals surface area contributed by atoms with Gasteiger partial charge in [-0.2, -0.15) is 0 Å². The lowest BCUT2D eigenvalue weighted by Gasteiger charge is -2.31. The van der Waals surface area contributed by atoms with Gasteiger partial charge >= 0.3 is 0 Å². The molecule has 1 fully saturated rings. The van der Waals surface area contributed by atoms with Crippen LogP contribution in [0.3, 0.4) is 0 Å². The Morgan fingerprint density at radius 2 is 1.41 bits per heavy atom. The van der Waals surface area contributed by atoms with Crippen molar-refractivity contribution in [3.8, 4) is 5.75 Å². The van der Waals surface area contributed by atoms with E-state index in [1.807, 2.05) is 6.92 Å². The van der Waals surface area contributed by atoms with Gasteiger partial charge in [-0.15, -0.1) is 0 Å². The Morgan fingerprint density at radius 3 is 1.99 bits per heavy atom. The predicted octanol–water partition coefficient (Wildman–Crippen LogP) is -1.95. The number of ether oxygens (including phenoxy) is 1. The van der Waals surface area contributed by atoms with Crippen molar-refractivity contribution >= 4 is 86.6 Å². The third-order valence-electron chi connectivity index (χ3n) is 10.6. The van der Waals surface area contributed by atoms with Crippen LogP contribution in [0, 0.1) is 11.8 Å². The summed E-state index contributed by atoms with van der Waals surface area (Å²) in [6, 6.07) is -1.50. The molecule has 69 heavy (non-hydrogen) atoms. The molecule has 11 amide bonds. The quantitative estimate of drug-likeness (QED) is 0.0633. The van der Waals surface area contributed by atoms with Gasteiger partial charge in [0.2, 0.25) is 65.0 Å². The highest BCUT2D eigenvalue weighted by Crippen LogP contribution is 2.24. The van der Waals surface area contributed by atoms with Gasteiger partial charge in [-0.25, -0.2) is 0 Å². The Bertz CT molecular complexity index is 2010. The fourth-order valence-electron chi connectivity index (χ4n) is 6.61. The first-order valence-electron chi connectivity index (χ1n) is 22.6. The third kappa shape index (κ3) is 21.4. The smallest absolute Gasteiger partial charge is 0.245 e. The minimum atomic E-state index is -1.74. The number of nitrogens with two attached hydrogens (primary N) is 3. The summed E-state index contributed by atoms with van der Waals surface area (Å²) < 4.78 is 5.53. The average molecular weight is 1010 g/mol. The second kappa shape index (κ2) is 29.0. The maximum Gasteiger partial charge on any atom is 0.245 e.